The van der Waals surface area contributed by atoms with Crippen molar-refractivity contribution in [1.82, 2.24) is 9.80 Å². The van der Waals surface area contributed by atoms with Gasteiger partial charge in [0.25, 0.3) is 0 Å². The van der Waals surface area contributed by atoms with E-state index >= 15 is 0 Å². The highest BCUT2D eigenvalue weighted by atomic mass is 32.2. The Morgan fingerprint density at radius 2 is 2.00 bits per heavy atom. The third kappa shape index (κ3) is 5.05. The van der Waals surface area contributed by atoms with Crippen molar-refractivity contribution in [3.8, 4) is 0 Å². The van der Waals surface area contributed by atoms with Gasteiger partial charge in [-0.1, -0.05) is 13.3 Å². The second-order valence-corrected chi connectivity index (χ2v) is 8.21. The Kier molecular flexibility index (Phi) is 6.45. The zero-order chi connectivity index (χ0) is 15.3. The second-order valence-electron chi connectivity index (χ2n) is 5.98. The molecular weight excluding hydrogens is 276 g/mol. The third-order valence-electron chi connectivity index (χ3n) is 4.03. The van der Waals surface area contributed by atoms with Gasteiger partial charge in [0.1, 0.15) is 0 Å². The Hall–Kier alpha value is -0.620. The lowest BCUT2D eigenvalue weighted by Crippen LogP contribution is -2.46. The standard InChI is InChI=1S/C14H28N2O3S/c1-5-6-8-16(10-14(17)15(4)12(2)3)13-7-9-20(18,19)11-13/h12-13H,5-11H2,1-4H3. The van der Waals surface area contributed by atoms with Gasteiger partial charge in [-0.05, 0) is 33.2 Å². The molecule has 1 atom stereocenters. The number of rotatable bonds is 7. The summed E-state index contributed by atoms with van der Waals surface area (Å²) in [5.41, 5.74) is 0. The van der Waals surface area contributed by atoms with Crippen LogP contribution >= 0.6 is 0 Å². The van der Waals surface area contributed by atoms with Gasteiger partial charge in [0.2, 0.25) is 5.91 Å². The highest BCUT2D eigenvalue weighted by molar-refractivity contribution is 7.91. The van der Waals surface area contributed by atoms with Crippen molar-refractivity contribution in [2.45, 2.75) is 52.1 Å². The van der Waals surface area contributed by atoms with Crippen LogP contribution in [0.3, 0.4) is 0 Å². The van der Waals surface area contributed by atoms with Gasteiger partial charge in [0.05, 0.1) is 18.1 Å². The monoisotopic (exact) mass is 304 g/mol. The van der Waals surface area contributed by atoms with Gasteiger partial charge in [-0.15, -0.1) is 0 Å². The molecule has 0 aromatic heterocycles. The molecule has 6 heteroatoms. The number of nitrogens with zero attached hydrogens (tertiary/aromatic N) is 2. The average molecular weight is 304 g/mol. The first kappa shape index (κ1) is 17.4. The number of hydrogen-bond donors (Lipinski definition) is 0. The van der Waals surface area contributed by atoms with Crippen LogP contribution in [0.4, 0.5) is 0 Å². The van der Waals surface area contributed by atoms with Crippen molar-refractivity contribution < 1.29 is 13.2 Å². The van der Waals surface area contributed by atoms with Crippen LogP contribution < -0.4 is 0 Å². The van der Waals surface area contributed by atoms with Crippen molar-refractivity contribution in [3.63, 3.8) is 0 Å². The molecule has 0 aliphatic carbocycles. The van der Waals surface area contributed by atoms with Crippen LogP contribution in [0, 0.1) is 0 Å². The Bertz CT molecular complexity index is 420. The molecule has 1 amide bonds. The first-order valence-electron chi connectivity index (χ1n) is 7.47. The van der Waals surface area contributed by atoms with Gasteiger partial charge in [0, 0.05) is 19.1 Å². The molecule has 0 aromatic carbocycles. The Balaban J connectivity index is 2.67. The predicted octanol–water partition coefficient (Wildman–Crippen LogP) is 1.14. The summed E-state index contributed by atoms with van der Waals surface area (Å²) in [5.74, 6) is 0.532. The van der Waals surface area contributed by atoms with Gasteiger partial charge in [-0.3, -0.25) is 9.69 Å². The molecule has 20 heavy (non-hydrogen) atoms. The summed E-state index contributed by atoms with van der Waals surface area (Å²) < 4.78 is 23.3. The van der Waals surface area contributed by atoms with E-state index in [-0.39, 0.29) is 29.5 Å². The maximum absolute atomic E-state index is 12.2. The van der Waals surface area contributed by atoms with Crippen LogP contribution in [-0.4, -0.2) is 67.9 Å². The van der Waals surface area contributed by atoms with Crippen molar-refractivity contribution in [3.05, 3.63) is 0 Å². The maximum Gasteiger partial charge on any atom is 0.236 e. The van der Waals surface area contributed by atoms with E-state index in [0.717, 1.165) is 19.4 Å². The fourth-order valence-corrected chi connectivity index (χ4v) is 4.15. The van der Waals surface area contributed by atoms with Gasteiger partial charge in [-0.25, -0.2) is 8.42 Å². The van der Waals surface area contributed by atoms with Gasteiger partial charge in [-0.2, -0.15) is 0 Å². The maximum atomic E-state index is 12.2. The molecule has 1 unspecified atom stereocenters. The molecule has 1 heterocycles. The van der Waals surface area contributed by atoms with E-state index < -0.39 is 9.84 Å². The molecule has 0 N–H and O–H groups in total. The first-order chi connectivity index (χ1) is 9.26. The number of carbonyl (C=O) groups is 1. The van der Waals surface area contributed by atoms with Crippen molar-refractivity contribution in [2.75, 3.05) is 31.6 Å². The fourth-order valence-electron chi connectivity index (χ4n) is 2.39. The highest BCUT2D eigenvalue weighted by Gasteiger charge is 2.33. The SMILES string of the molecule is CCCCN(CC(=O)N(C)C(C)C)C1CCS(=O)(=O)C1. The molecular formula is C14H28N2O3S. The first-order valence-corrected chi connectivity index (χ1v) is 9.29. The molecule has 1 saturated heterocycles. The number of amides is 1. The molecule has 5 nitrogen and oxygen atoms in total. The Morgan fingerprint density at radius 1 is 1.35 bits per heavy atom. The van der Waals surface area contributed by atoms with Gasteiger partial charge in [0.15, 0.2) is 9.84 Å². The average Bonchev–Trinajstić information content (AvgIpc) is 2.73. The second kappa shape index (κ2) is 7.41. The summed E-state index contributed by atoms with van der Waals surface area (Å²) in [7, 11) is -1.10. The molecule has 1 aliphatic heterocycles. The molecule has 0 spiro atoms. The minimum Gasteiger partial charge on any atom is -0.342 e. The number of likely N-dealkylation sites (N-methyl/N-ethyl adjacent to an activating group) is 1. The molecule has 0 bridgehead atoms. The third-order valence-corrected chi connectivity index (χ3v) is 5.78. The molecule has 1 fully saturated rings. The van der Waals surface area contributed by atoms with E-state index in [9.17, 15) is 13.2 Å². The summed E-state index contributed by atoms with van der Waals surface area (Å²) in [6, 6.07) is 0.180. The zero-order valence-corrected chi connectivity index (χ0v) is 13.9. The van der Waals surface area contributed by atoms with E-state index in [2.05, 4.69) is 11.8 Å². The number of unbranched alkanes of at least 4 members (excludes halogenated alkanes) is 1. The van der Waals surface area contributed by atoms with Crippen LogP contribution in [0.1, 0.15) is 40.0 Å². The van der Waals surface area contributed by atoms with Crippen LogP contribution in [0.5, 0.6) is 0 Å². The minimum atomic E-state index is -2.90. The summed E-state index contributed by atoms with van der Waals surface area (Å²) in [6.45, 7) is 7.19. The number of carbonyl (C=O) groups excluding carboxylic acids is 1. The molecule has 0 aromatic rings. The summed E-state index contributed by atoms with van der Waals surface area (Å²) in [6.07, 6.45) is 2.70. The Labute approximate surface area is 123 Å². The van der Waals surface area contributed by atoms with Gasteiger partial charge >= 0.3 is 0 Å². The molecule has 1 aliphatic rings. The molecule has 0 saturated carbocycles. The topological polar surface area (TPSA) is 57.7 Å². The highest BCUT2D eigenvalue weighted by Crippen LogP contribution is 2.18. The lowest BCUT2D eigenvalue weighted by Gasteiger charge is -2.30. The smallest absolute Gasteiger partial charge is 0.236 e. The molecule has 118 valence electrons. The minimum absolute atomic E-state index is 0.0102. The van der Waals surface area contributed by atoms with Gasteiger partial charge < -0.3 is 4.90 Å². The molecule has 0 radical (unpaired) electrons. The summed E-state index contributed by atoms with van der Waals surface area (Å²) in [5, 5.41) is 0. The van der Waals surface area contributed by atoms with E-state index in [1.165, 1.54) is 0 Å². The Morgan fingerprint density at radius 3 is 2.45 bits per heavy atom. The van der Waals surface area contributed by atoms with Crippen molar-refractivity contribution in [2.24, 2.45) is 0 Å². The zero-order valence-electron chi connectivity index (χ0n) is 13.1. The lowest BCUT2D eigenvalue weighted by molar-refractivity contribution is -0.133. The fraction of sp³-hybridized carbons (Fsp3) is 0.929. The summed E-state index contributed by atoms with van der Waals surface area (Å²) >= 11 is 0. The largest absolute Gasteiger partial charge is 0.342 e. The van der Waals surface area contributed by atoms with Crippen LogP contribution in [0.2, 0.25) is 0 Å². The van der Waals surface area contributed by atoms with Crippen LogP contribution in [0.15, 0.2) is 0 Å². The number of sulfone groups is 1. The van der Waals surface area contributed by atoms with E-state index in [1.54, 1.807) is 11.9 Å². The van der Waals surface area contributed by atoms with Crippen molar-refractivity contribution in [1.29, 1.82) is 0 Å². The van der Waals surface area contributed by atoms with Crippen LogP contribution in [0.25, 0.3) is 0 Å². The van der Waals surface area contributed by atoms with E-state index in [4.69, 9.17) is 0 Å². The van der Waals surface area contributed by atoms with E-state index in [0.29, 0.717) is 13.0 Å². The lowest BCUT2D eigenvalue weighted by atomic mass is 10.2. The molecule has 1 rings (SSSR count). The quantitative estimate of drug-likeness (QED) is 0.708. The van der Waals surface area contributed by atoms with Crippen molar-refractivity contribution >= 4 is 15.7 Å². The predicted molar refractivity (Wildman–Crippen MR) is 81.4 cm³/mol. The van der Waals surface area contributed by atoms with E-state index in [1.807, 2.05) is 13.8 Å². The normalized spacial score (nSPS) is 21.6. The van der Waals surface area contributed by atoms with Crippen LogP contribution in [-0.2, 0) is 14.6 Å². The number of hydrogen-bond acceptors (Lipinski definition) is 4. The summed E-state index contributed by atoms with van der Waals surface area (Å²) in [4.78, 5) is 16.0.